The van der Waals surface area contributed by atoms with E-state index in [0.717, 1.165) is 0 Å². The van der Waals surface area contributed by atoms with Crippen molar-refractivity contribution in [3.63, 3.8) is 0 Å². The summed E-state index contributed by atoms with van der Waals surface area (Å²) >= 11 is 0. The average molecular weight is 230 g/mol. The van der Waals surface area contributed by atoms with Crippen LogP contribution in [0.25, 0.3) is 5.73 Å². The first-order chi connectivity index (χ1) is 1.00. The molecule has 0 amide bonds. The van der Waals surface area contributed by atoms with Gasteiger partial charge in [-0.15, -0.1) is 0 Å². The summed E-state index contributed by atoms with van der Waals surface area (Å²) in [7, 11) is 1.25. The van der Waals surface area contributed by atoms with Gasteiger partial charge in [-0.25, -0.2) is 0 Å². The van der Waals surface area contributed by atoms with Crippen LogP contribution in [0.15, 0.2) is 0 Å². The summed E-state index contributed by atoms with van der Waals surface area (Å²) in [5.41, 5.74) is 5.75. The number of rotatable bonds is 0. The van der Waals surface area contributed by atoms with E-state index in [9.17, 15) is 0 Å². The van der Waals surface area contributed by atoms with Gasteiger partial charge in [0.25, 0.3) is 0 Å². The van der Waals surface area contributed by atoms with Crippen molar-refractivity contribution in [2.75, 3.05) is 7.05 Å². The summed E-state index contributed by atoms with van der Waals surface area (Å²) in [6.45, 7) is 0. The van der Waals surface area contributed by atoms with Crippen molar-refractivity contribution in [2.24, 2.45) is 0 Å². The Morgan fingerprint density at radius 2 is 1.25 bits per heavy atom. The van der Waals surface area contributed by atoms with E-state index in [2.05, 4.69) is 0 Å². The van der Waals surface area contributed by atoms with Gasteiger partial charge >= 0.3 is 0 Å². The monoisotopic (exact) mass is 230 g/mol. The van der Waals surface area contributed by atoms with Crippen LogP contribution in [-0.2, 0) is 21.1 Å². The fraction of sp³-hybridized carbons (Fsp3) is 1.00. The van der Waals surface area contributed by atoms with Crippen molar-refractivity contribution in [3.8, 4) is 0 Å². The minimum absolute atomic E-state index is 0. The maximum atomic E-state index is 5.75. The predicted molar refractivity (Wildman–Crippen MR) is 17.0 cm³/mol. The van der Waals surface area contributed by atoms with Crippen LogP contribution in [0.3, 0.4) is 0 Å². The third-order valence-corrected chi connectivity index (χ3v) is 0. The SMILES string of the molecule is C.C[NH-].[W]. The second kappa shape index (κ2) is 60.9. The summed E-state index contributed by atoms with van der Waals surface area (Å²) in [6.07, 6.45) is 0. The van der Waals surface area contributed by atoms with E-state index in [1.165, 1.54) is 7.05 Å². The molecule has 0 aromatic heterocycles. The summed E-state index contributed by atoms with van der Waals surface area (Å²) in [5, 5.41) is 0. The van der Waals surface area contributed by atoms with Crippen LogP contribution in [0.5, 0.6) is 0 Å². The number of hydrogen-bond acceptors (Lipinski definition) is 0. The van der Waals surface area contributed by atoms with E-state index in [-0.39, 0.29) is 28.5 Å². The standard InChI is InChI=1S/CH4N.CH4.W/c1-2;;/h2H,1H3;1H4;/q-1;;. The summed E-state index contributed by atoms with van der Waals surface area (Å²) < 4.78 is 0. The largest absolute Gasteiger partial charge is 0.680 e. The summed E-state index contributed by atoms with van der Waals surface area (Å²) in [6, 6.07) is 0. The zero-order valence-electron chi connectivity index (χ0n) is 1.91. The normalized spacial score (nSPS) is 1.50. The zero-order valence-corrected chi connectivity index (χ0v) is 4.84. The quantitative estimate of drug-likeness (QED) is 0.598. The van der Waals surface area contributed by atoms with E-state index in [1.807, 2.05) is 0 Å². The van der Waals surface area contributed by atoms with Gasteiger partial charge in [0.1, 0.15) is 0 Å². The van der Waals surface area contributed by atoms with Crippen molar-refractivity contribution in [1.29, 1.82) is 0 Å². The molecule has 0 rings (SSSR count). The molecule has 0 aliphatic heterocycles. The molecule has 0 bridgehead atoms. The molecule has 0 aliphatic rings. The fourth-order valence-electron chi connectivity index (χ4n) is 0. The molecule has 0 aromatic rings. The van der Waals surface area contributed by atoms with Crippen LogP contribution >= 0.6 is 0 Å². The van der Waals surface area contributed by atoms with Gasteiger partial charge in [0.05, 0.1) is 0 Å². The Balaban J connectivity index is -0.00000000500. The summed E-state index contributed by atoms with van der Waals surface area (Å²) in [5.74, 6) is 0. The fourth-order valence-corrected chi connectivity index (χ4v) is 0. The Bertz CT molecular complexity index is 6.00. The Morgan fingerprint density at radius 3 is 1.25 bits per heavy atom. The van der Waals surface area contributed by atoms with Gasteiger partial charge in [-0.05, 0) is 0 Å². The molecule has 0 aliphatic carbocycles. The molecule has 0 unspecified atom stereocenters. The van der Waals surface area contributed by atoms with Crippen LogP contribution < -0.4 is 0 Å². The number of nitrogens with one attached hydrogen (secondary N) is 1. The molecule has 2 heteroatoms. The molecule has 0 fully saturated rings. The van der Waals surface area contributed by atoms with Crippen molar-refractivity contribution in [1.82, 2.24) is 0 Å². The molecule has 28 valence electrons. The van der Waals surface area contributed by atoms with Gasteiger partial charge in [-0.1, -0.05) is 7.43 Å². The van der Waals surface area contributed by atoms with Crippen LogP contribution in [0.4, 0.5) is 0 Å². The molecule has 0 atom stereocenters. The third-order valence-electron chi connectivity index (χ3n) is 0. The van der Waals surface area contributed by atoms with Crippen molar-refractivity contribution >= 4 is 0 Å². The Hall–Kier alpha value is 0.648. The van der Waals surface area contributed by atoms with Crippen molar-refractivity contribution in [3.05, 3.63) is 5.73 Å². The van der Waals surface area contributed by atoms with Crippen LogP contribution in [0.2, 0.25) is 0 Å². The van der Waals surface area contributed by atoms with Gasteiger partial charge in [-0.3, -0.25) is 0 Å². The van der Waals surface area contributed by atoms with Crippen LogP contribution in [-0.4, -0.2) is 7.05 Å². The zero-order chi connectivity index (χ0) is 2.00. The second-order valence-electron chi connectivity index (χ2n) is 0. The number of hydrogen-bond donors (Lipinski definition) is 0. The molecule has 0 aromatic carbocycles. The Kier molecular flexibility index (Phi) is 347. The molecule has 0 saturated heterocycles. The maximum Gasteiger partial charge on any atom is 0 e. The van der Waals surface area contributed by atoms with Crippen LogP contribution in [0.1, 0.15) is 7.43 Å². The molecule has 0 heterocycles. The van der Waals surface area contributed by atoms with E-state index in [1.54, 1.807) is 0 Å². The minimum Gasteiger partial charge on any atom is -0.680 e. The molecule has 0 saturated carbocycles. The Morgan fingerprint density at radius 1 is 1.25 bits per heavy atom. The average Bonchev–Trinajstić information content (AvgIpc) is 1.00. The van der Waals surface area contributed by atoms with Gasteiger partial charge in [0, 0.05) is 21.1 Å². The van der Waals surface area contributed by atoms with E-state index >= 15 is 0 Å². The summed E-state index contributed by atoms with van der Waals surface area (Å²) in [4.78, 5) is 0. The first-order valence-corrected chi connectivity index (χ1v) is 0.500. The van der Waals surface area contributed by atoms with Gasteiger partial charge < -0.3 is 5.73 Å². The topological polar surface area (TPSA) is 23.8 Å². The smallest absolute Gasteiger partial charge is 0 e. The van der Waals surface area contributed by atoms with Crippen molar-refractivity contribution < 1.29 is 21.1 Å². The van der Waals surface area contributed by atoms with Gasteiger partial charge in [-0.2, -0.15) is 7.05 Å². The first kappa shape index (κ1) is 22.8. The molecular formula is C2H8NW-. The van der Waals surface area contributed by atoms with E-state index in [4.69, 9.17) is 5.73 Å². The van der Waals surface area contributed by atoms with E-state index in [0.29, 0.717) is 0 Å². The first-order valence-electron chi connectivity index (χ1n) is 0.500. The minimum atomic E-state index is 0. The molecule has 1 N–H and O–H groups in total. The molecule has 1 nitrogen and oxygen atoms in total. The van der Waals surface area contributed by atoms with Crippen molar-refractivity contribution in [2.45, 2.75) is 7.43 Å². The second-order valence-corrected chi connectivity index (χ2v) is 0. The third kappa shape index (κ3) is 17.1. The van der Waals surface area contributed by atoms with Gasteiger partial charge in [0.15, 0.2) is 0 Å². The van der Waals surface area contributed by atoms with E-state index < -0.39 is 0 Å². The van der Waals surface area contributed by atoms with Crippen LogP contribution in [0, 0.1) is 0 Å². The molecular weight excluding hydrogens is 222 g/mol. The molecule has 0 spiro atoms. The molecule has 0 radical (unpaired) electrons. The Labute approximate surface area is 41.8 Å². The maximum absolute atomic E-state index is 5.75. The van der Waals surface area contributed by atoms with Gasteiger partial charge in [0.2, 0.25) is 0 Å². The predicted octanol–water partition coefficient (Wildman–Crippen LogP) is 1.30. The molecule has 4 heavy (non-hydrogen) atoms.